The van der Waals surface area contributed by atoms with Crippen molar-refractivity contribution in [3.05, 3.63) is 23.2 Å². The van der Waals surface area contributed by atoms with E-state index in [0.717, 1.165) is 12.8 Å². The van der Waals surface area contributed by atoms with E-state index in [1.807, 2.05) is 0 Å². The number of piperidine rings is 1. The van der Waals surface area contributed by atoms with E-state index in [1.165, 1.54) is 13.2 Å². The van der Waals surface area contributed by atoms with Gasteiger partial charge >= 0.3 is 0 Å². The van der Waals surface area contributed by atoms with Crippen molar-refractivity contribution in [1.82, 2.24) is 4.31 Å². The Hall–Kier alpha value is -0.780. The third-order valence-corrected chi connectivity index (χ3v) is 5.54. The van der Waals surface area contributed by atoms with Crippen LogP contribution in [0.15, 0.2) is 23.1 Å². The Balaban J connectivity index is 2.31. The molecule has 1 fully saturated rings. The third kappa shape index (κ3) is 3.04. The van der Waals surface area contributed by atoms with Gasteiger partial charge in [-0.1, -0.05) is 18.5 Å². The van der Waals surface area contributed by atoms with Crippen LogP contribution < -0.4 is 4.74 Å². The molecule has 106 valence electrons. The van der Waals surface area contributed by atoms with Crippen LogP contribution in [0.4, 0.5) is 0 Å². The molecule has 1 aromatic rings. The molecule has 1 saturated heterocycles. The second-order valence-corrected chi connectivity index (χ2v) is 7.25. The largest absolute Gasteiger partial charge is 0.495 e. The summed E-state index contributed by atoms with van der Waals surface area (Å²) in [5.74, 6) is 0.880. The quantitative estimate of drug-likeness (QED) is 0.862. The summed E-state index contributed by atoms with van der Waals surface area (Å²) in [6, 6.07) is 4.58. The molecule has 0 N–H and O–H groups in total. The van der Waals surface area contributed by atoms with E-state index in [2.05, 4.69) is 6.92 Å². The number of hydrogen-bond acceptors (Lipinski definition) is 3. The molecule has 2 rings (SSSR count). The summed E-state index contributed by atoms with van der Waals surface area (Å²) in [6.45, 7) is 3.23. The van der Waals surface area contributed by atoms with Gasteiger partial charge in [-0.25, -0.2) is 8.42 Å². The van der Waals surface area contributed by atoms with Gasteiger partial charge in [0.1, 0.15) is 5.75 Å². The first kappa shape index (κ1) is 14.6. The van der Waals surface area contributed by atoms with Crippen LogP contribution >= 0.6 is 11.6 Å². The fourth-order valence-electron chi connectivity index (χ4n) is 2.32. The number of nitrogens with zero attached hydrogens (tertiary/aromatic N) is 1. The van der Waals surface area contributed by atoms with E-state index in [-0.39, 0.29) is 4.90 Å². The van der Waals surface area contributed by atoms with Crippen molar-refractivity contribution in [2.24, 2.45) is 5.92 Å². The summed E-state index contributed by atoms with van der Waals surface area (Å²) in [5.41, 5.74) is 0. The number of hydrogen-bond donors (Lipinski definition) is 0. The Morgan fingerprint density at radius 3 is 2.74 bits per heavy atom. The van der Waals surface area contributed by atoms with Crippen LogP contribution in [0.1, 0.15) is 19.8 Å². The molecule has 4 nitrogen and oxygen atoms in total. The smallest absolute Gasteiger partial charge is 0.243 e. The second-order valence-electron chi connectivity index (χ2n) is 4.91. The van der Waals surface area contributed by atoms with Crippen molar-refractivity contribution in [3.8, 4) is 5.75 Å². The molecule has 0 saturated carbocycles. The summed E-state index contributed by atoms with van der Waals surface area (Å²) >= 11 is 6.00. The first-order valence-electron chi connectivity index (χ1n) is 6.29. The predicted molar refractivity (Wildman–Crippen MR) is 75.2 cm³/mol. The molecule has 19 heavy (non-hydrogen) atoms. The van der Waals surface area contributed by atoms with Gasteiger partial charge in [0.05, 0.1) is 17.0 Å². The normalized spacial score (nSPS) is 21.3. The van der Waals surface area contributed by atoms with Crippen molar-refractivity contribution in [1.29, 1.82) is 0 Å². The van der Waals surface area contributed by atoms with E-state index in [4.69, 9.17) is 16.3 Å². The molecule has 0 amide bonds. The van der Waals surface area contributed by atoms with E-state index in [0.29, 0.717) is 29.8 Å². The molecule has 6 heteroatoms. The van der Waals surface area contributed by atoms with Crippen molar-refractivity contribution >= 4 is 21.6 Å². The first-order valence-corrected chi connectivity index (χ1v) is 8.10. The zero-order valence-corrected chi connectivity index (χ0v) is 12.7. The van der Waals surface area contributed by atoms with Crippen LogP contribution in [0.2, 0.25) is 5.02 Å². The van der Waals surface area contributed by atoms with Crippen molar-refractivity contribution in [2.75, 3.05) is 20.2 Å². The molecule has 1 heterocycles. The third-order valence-electron chi connectivity index (χ3n) is 3.38. The Bertz CT molecular complexity index is 559. The average molecular weight is 304 g/mol. The van der Waals surface area contributed by atoms with Gasteiger partial charge < -0.3 is 4.74 Å². The van der Waals surface area contributed by atoms with Crippen molar-refractivity contribution < 1.29 is 13.2 Å². The fraction of sp³-hybridized carbons (Fsp3) is 0.538. The number of sulfonamides is 1. The number of ether oxygens (including phenoxy) is 1. The topological polar surface area (TPSA) is 46.6 Å². The molecule has 0 bridgehead atoms. The summed E-state index contributed by atoms with van der Waals surface area (Å²) in [4.78, 5) is 0.229. The SMILES string of the molecule is COc1ccc(S(=O)(=O)N2CCC[C@H](C)C2)cc1Cl. The molecule has 1 aromatic carbocycles. The van der Waals surface area contributed by atoms with E-state index in [9.17, 15) is 8.42 Å². The van der Waals surface area contributed by atoms with E-state index < -0.39 is 10.0 Å². The highest BCUT2D eigenvalue weighted by molar-refractivity contribution is 7.89. The lowest BCUT2D eigenvalue weighted by atomic mass is 10.0. The zero-order chi connectivity index (χ0) is 14.0. The van der Waals surface area contributed by atoms with Gasteiger partial charge in [-0.3, -0.25) is 0 Å². The monoisotopic (exact) mass is 303 g/mol. The fourth-order valence-corrected chi connectivity index (χ4v) is 4.27. The lowest BCUT2D eigenvalue weighted by Crippen LogP contribution is -2.39. The maximum absolute atomic E-state index is 12.5. The minimum atomic E-state index is -3.45. The van der Waals surface area contributed by atoms with E-state index in [1.54, 1.807) is 16.4 Å². The average Bonchev–Trinajstić information content (AvgIpc) is 2.38. The van der Waals surface area contributed by atoms with Crippen LogP contribution in [0.3, 0.4) is 0 Å². The summed E-state index contributed by atoms with van der Waals surface area (Å²) < 4.78 is 31.6. The summed E-state index contributed by atoms with van der Waals surface area (Å²) in [6.07, 6.45) is 1.99. The summed E-state index contributed by atoms with van der Waals surface area (Å²) in [5, 5.41) is 0.314. The molecule has 1 aliphatic rings. The lowest BCUT2D eigenvalue weighted by Gasteiger charge is -2.30. The first-order chi connectivity index (χ1) is 8.95. The Kier molecular flexibility index (Phi) is 4.38. The van der Waals surface area contributed by atoms with Crippen molar-refractivity contribution in [2.45, 2.75) is 24.7 Å². The van der Waals surface area contributed by atoms with Crippen LogP contribution in [0.25, 0.3) is 0 Å². The number of methoxy groups -OCH3 is 1. The molecule has 1 aliphatic heterocycles. The molecule has 0 unspecified atom stereocenters. The van der Waals surface area contributed by atoms with Gasteiger partial charge in [-0.15, -0.1) is 0 Å². The Morgan fingerprint density at radius 2 is 2.16 bits per heavy atom. The highest BCUT2D eigenvalue weighted by Crippen LogP contribution is 2.29. The Labute approximate surface area is 119 Å². The number of halogens is 1. The second kappa shape index (κ2) is 5.69. The minimum absolute atomic E-state index is 0.229. The van der Waals surface area contributed by atoms with Crippen molar-refractivity contribution in [3.63, 3.8) is 0 Å². The van der Waals surface area contributed by atoms with Gasteiger partial charge in [-0.2, -0.15) is 4.31 Å². The van der Waals surface area contributed by atoms with Crippen LogP contribution in [0.5, 0.6) is 5.75 Å². The molecule has 0 aliphatic carbocycles. The number of benzene rings is 1. The molecule has 1 atom stereocenters. The zero-order valence-electron chi connectivity index (χ0n) is 11.1. The maximum atomic E-state index is 12.5. The molecular weight excluding hydrogens is 286 g/mol. The predicted octanol–water partition coefficient (Wildman–Crippen LogP) is 2.77. The van der Waals surface area contributed by atoms with Gasteiger partial charge in [0.25, 0.3) is 0 Å². The van der Waals surface area contributed by atoms with Crippen LogP contribution in [-0.4, -0.2) is 32.9 Å². The molecule has 0 spiro atoms. The van der Waals surface area contributed by atoms with E-state index >= 15 is 0 Å². The Morgan fingerprint density at radius 1 is 1.42 bits per heavy atom. The maximum Gasteiger partial charge on any atom is 0.243 e. The lowest BCUT2D eigenvalue weighted by molar-refractivity contribution is 0.281. The standard InChI is InChI=1S/C13H18ClNO3S/c1-10-4-3-7-15(9-10)19(16,17)11-5-6-13(18-2)12(14)8-11/h5-6,8,10H,3-4,7,9H2,1-2H3/t10-/m0/s1. The highest BCUT2D eigenvalue weighted by atomic mass is 35.5. The molecule has 0 aromatic heterocycles. The van der Waals surface area contributed by atoms with Gasteiger partial charge in [-0.05, 0) is 37.0 Å². The minimum Gasteiger partial charge on any atom is -0.495 e. The summed E-state index contributed by atoms with van der Waals surface area (Å²) in [7, 11) is -1.95. The highest BCUT2D eigenvalue weighted by Gasteiger charge is 2.29. The molecular formula is C13H18ClNO3S. The number of rotatable bonds is 3. The van der Waals surface area contributed by atoms with Crippen LogP contribution in [0, 0.1) is 5.92 Å². The van der Waals surface area contributed by atoms with Gasteiger partial charge in [0.15, 0.2) is 0 Å². The van der Waals surface area contributed by atoms with Crippen LogP contribution in [-0.2, 0) is 10.0 Å². The van der Waals surface area contributed by atoms with Gasteiger partial charge in [0.2, 0.25) is 10.0 Å². The van der Waals surface area contributed by atoms with Gasteiger partial charge in [0, 0.05) is 13.1 Å². The molecule has 0 radical (unpaired) electrons.